The molecule has 0 atom stereocenters. The van der Waals surface area contributed by atoms with E-state index in [0.29, 0.717) is 18.2 Å². The summed E-state index contributed by atoms with van der Waals surface area (Å²) in [5, 5.41) is 1.02. The fourth-order valence-corrected chi connectivity index (χ4v) is 3.73. The Hall–Kier alpha value is -1.98. The van der Waals surface area contributed by atoms with Crippen molar-refractivity contribution in [2.45, 2.75) is 13.0 Å². The van der Waals surface area contributed by atoms with Gasteiger partial charge in [-0.05, 0) is 12.0 Å². The molecule has 0 bridgehead atoms. The van der Waals surface area contributed by atoms with Gasteiger partial charge in [0, 0.05) is 10.4 Å². The van der Waals surface area contributed by atoms with Crippen molar-refractivity contribution in [3.05, 3.63) is 40.8 Å². The van der Waals surface area contributed by atoms with Gasteiger partial charge in [0.1, 0.15) is 10.6 Å². The van der Waals surface area contributed by atoms with E-state index in [1.807, 2.05) is 30.3 Å². The molecule has 1 aromatic carbocycles. The van der Waals surface area contributed by atoms with E-state index in [2.05, 4.69) is 9.97 Å². The second kappa shape index (κ2) is 4.54. The molecule has 1 aliphatic rings. The lowest BCUT2D eigenvalue weighted by molar-refractivity contribution is 0.114. The van der Waals surface area contributed by atoms with Crippen LogP contribution in [0, 0.1) is 0 Å². The fourth-order valence-electron chi connectivity index (χ4n) is 2.57. The Balaban J connectivity index is 1.95. The zero-order valence-electron chi connectivity index (χ0n) is 10.8. The van der Waals surface area contributed by atoms with E-state index < -0.39 is 0 Å². The molecule has 20 heavy (non-hydrogen) atoms. The average molecular weight is 283 g/mol. The molecule has 0 saturated heterocycles. The molecule has 0 aliphatic carbocycles. The number of benzene rings is 1. The summed E-state index contributed by atoms with van der Waals surface area (Å²) < 4.78 is 5.50. The minimum atomic E-state index is 0.577. The van der Waals surface area contributed by atoms with Crippen molar-refractivity contribution < 1.29 is 4.74 Å². The highest BCUT2D eigenvalue weighted by atomic mass is 32.1. The largest absolute Gasteiger partial charge is 0.383 e. The maximum absolute atomic E-state index is 6.18. The molecule has 3 heterocycles. The van der Waals surface area contributed by atoms with Crippen molar-refractivity contribution in [3.8, 4) is 11.4 Å². The summed E-state index contributed by atoms with van der Waals surface area (Å²) >= 11 is 1.67. The number of nitrogens with zero attached hydrogens (tertiary/aromatic N) is 2. The minimum absolute atomic E-state index is 0.577. The molecule has 2 aromatic heterocycles. The van der Waals surface area contributed by atoms with E-state index in [0.717, 1.165) is 28.8 Å². The van der Waals surface area contributed by atoms with Gasteiger partial charge in [0.25, 0.3) is 0 Å². The Morgan fingerprint density at radius 2 is 2.00 bits per heavy atom. The number of thiophene rings is 1. The standard InChI is InChI=1S/C15H13N3OS/c16-13-12-10-6-7-19-8-11(10)20-15(12)18-14(17-13)9-4-2-1-3-5-9/h1-5H,6-8H2,(H2,16,17,18). The summed E-state index contributed by atoms with van der Waals surface area (Å²) in [5.74, 6) is 1.27. The van der Waals surface area contributed by atoms with Crippen molar-refractivity contribution in [2.24, 2.45) is 0 Å². The van der Waals surface area contributed by atoms with Crippen LogP contribution in [0.5, 0.6) is 0 Å². The Bertz CT molecular complexity index is 783. The van der Waals surface area contributed by atoms with E-state index in [1.54, 1.807) is 11.3 Å². The van der Waals surface area contributed by atoms with Crippen LogP contribution in [-0.2, 0) is 17.8 Å². The molecular formula is C15H13N3OS. The number of nitrogen functional groups attached to an aromatic ring is 1. The highest BCUT2D eigenvalue weighted by Crippen LogP contribution is 2.37. The monoisotopic (exact) mass is 283 g/mol. The summed E-state index contributed by atoms with van der Waals surface area (Å²) in [4.78, 5) is 11.4. The van der Waals surface area contributed by atoms with E-state index in [-0.39, 0.29) is 0 Å². The van der Waals surface area contributed by atoms with Gasteiger partial charge < -0.3 is 10.5 Å². The molecule has 0 saturated carbocycles. The lowest BCUT2D eigenvalue weighted by Crippen LogP contribution is -2.07. The number of hydrogen-bond donors (Lipinski definition) is 1. The first-order valence-electron chi connectivity index (χ1n) is 6.54. The number of ether oxygens (including phenoxy) is 1. The summed E-state index contributed by atoms with van der Waals surface area (Å²) in [5.41, 5.74) is 8.44. The predicted molar refractivity (Wildman–Crippen MR) is 80.6 cm³/mol. The predicted octanol–water partition coefficient (Wildman–Crippen LogP) is 3.01. The van der Waals surface area contributed by atoms with Crippen LogP contribution in [-0.4, -0.2) is 16.6 Å². The highest BCUT2D eigenvalue weighted by molar-refractivity contribution is 7.19. The molecule has 2 N–H and O–H groups in total. The number of nitrogens with two attached hydrogens (primary N) is 1. The van der Waals surface area contributed by atoms with Crippen LogP contribution < -0.4 is 5.73 Å². The average Bonchev–Trinajstić information content (AvgIpc) is 2.87. The molecule has 1 aliphatic heterocycles. The van der Waals surface area contributed by atoms with Crippen molar-refractivity contribution in [3.63, 3.8) is 0 Å². The van der Waals surface area contributed by atoms with Gasteiger partial charge in [-0.2, -0.15) is 0 Å². The summed E-state index contributed by atoms with van der Waals surface area (Å²) in [7, 11) is 0. The maximum atomic E-state index is 6.18. The highest BCUT2D eigenvalue weighted by Gasteiger charge is 2.20. The minimum Gasteiger partial charge on any atom is -0.383 e. The van der Waals surface area contributed by atoms with Gasteiger partial charge in [-0.25, -0.2) is 9.97 Å². The number of rotatable bonds is 1. The Morgan fingerprint density at radius 1 is 1.15 bits per heavy atom. The van der Waals surface area contributed by atoms with Crippen molar-refractivity contribution >= 4 is 27.4 Å². The first-order valence-corrected chi connectivity index (χ1v) is 7.35. The fraction of sp³-hybridized carbons (Fsp3) is 0.200. The van der Waals surface area contributed by atoms with Gasteiger partial charge in [0.2, 0.25) is 0 Å². The summed E-state index contributed by atoms with van der Waals surface area (Å²) in [6.45, 7) is 1.41. The molecule has 4 nitrogen and oxygen atoms in total. The zero-order chi connectivity index (χ0) is 13.5. The second-order valence-electron chi connectivity index (χ2n) is 4.79. The van der Waals surface area contributed by atoms with Gasteiger partial charge in [-0.15, -0.1) is 11.3 Å². The van der Waals surface area contributed by atoms with Crippen LogP contribution >= 0.6 is 11.3 Å². The number of anilines is 1. The molecule has 3 aromatic rings. The third kappa shape index (κ3) is 1.78. The van der Waals surface area contributed by atoms with Gasteiger partial charge in [-0.3, -0.25) is 0 Å². The van der Waals surface area contributed by atoms with Crippen LogP contribution in [0.25, 0.3) is 21.6 Å². The molecule has 5 heteroatoms. The van der Waals surface area contributed by atoms with Crippen molar-refractivity contribution in [1.82, 2.24) is 9.97 Å². The molecule has 0 spiro atoms. The third-order valence-electron chi connectivity index (χ3n) is 3.52. The Kier molecular flexibility index (Phi) is 2.68. The number of hydrogen-bond acceptors (Lipinski definition) is 5. The SMILES string of the molecule is Nc1nc(-c2ccccc2)nc2sc3c(c12)CCOC3. The van der Waals surface area contributed by atoms with Crippen LogP contribution in [0.15, 0.2) is 30.3 Å². The molecule has 100 valence electrons. The van der Waals surface area contributed by atoms with E-state index in [9.17, 15) is 0 Å². The van der Waals surface area contributed by atoms with Crippen LogP contribution in [0.4, 0.5) is 5.82 Å². The number of fused-ring (bicyclic) bond motifs is 3. The van der Waals surface area contributed by atoms with Gasteiger partial charge in [0.05, 0.1) is 18.6 Å². The molecule has 4 rings (SSSR count). The van der Waals surface area contributed by atoms with Gasteiger partial charge in [-0.1, -0.05) is 30.3 Å². The molecule has 0 unspecified atom stereocenters. The first kappa shape index (κ1) is 11.8. The van der Waals surface area contributed by atoms with Crippen molar-refractivity contribution in [1.29, 1.82) is 0 Å². The van der Waals surface area contributed by atoms with Crippen molar-refractivity contribution in [2.75, 3.05) is 12.3 Å². The van der Waals surface area contributed by atoms with E-state index in [4.69, 9.17) is 10.5 Å². The quantitative estimate of drug-likeness (QED) is 0.745. The topological polar surface area (TPSA) is 61.0 Å². The van der Waals surface area contributed by atoms with Crippen LogP contribution in [0.3, 0.4) is 0 Å². The summed E-state index contributed by atoms with van der Waals surface area (Å²) in [6, 6.07) is 9.93. The maximum Gasteiger partial charge on any atom is 0.163 e. The molecular weight excluding hydrogens is 270 g/mol. The lowest BCUT2D eigenvalue weighted by atomic mass is 10.1. The van der Waals surface area contributed by atoms with Crippen LogP contribution in [0.2, 0.25) is 0 Å². The summed E-state index contributed by atoms with van der Waals surface area (Å²) in [6.07, 6.45) is 0.896. The first-order chi connectivity index (χ1) is 9.83. The molecule has 0 fully saturated rings. The van der Waals surface area contributed by atoms with Gasteiger partial charge >= 0.3 is 0 Å². The Labute approximate surface area is 120 Å². The second-order valence-corrected chi connectivity index (χ2v) is 5.87. The number of aromatic nitrogens is 2. The van der Waals surface area contributed by atoms with E-state index in [1.165, 1.54) is 10.4 Å². The van der Waals surface area contributed by atoms with Crippen LogP contribution in [0.1, 0.15) is 10.4 Å². The Morgan fingerprint density at radius 3 is 2.85 bits per heavy atom. The smallest absolute Gasteiger partial charge is 0.163 e. The van der Waals surface area contributed by atoms with E-state index >= 15 is 0 Å². The van der Waals surface area contributed by atoms with Gasteiger partial charge in [0.15, 0.2) is 5.82 Å². The zero-order valence-corrected chi connectivity index (χ0v) is 11.6. The lowest BCUT2D eigenvalue weighted by Gasteiger charge is -2.12. The molecule has 0 radical (unpaired) electrons. The third-order valence-corrected chi connectivity index (χ3v) is 4.62. The molecule has 0 amide bonds. The normalized spacial score (nSPS) is 14.4.